The van der Waals surface area contributed by atoms with Crippen LogP contribution in [0.4, 0.5) is 10.3 Å². The Morgan fingerprint density at radius 3 is 2.84 bits per heavy atom. The molecule has 0 aliphatic carbocycles. The number of likely N-dealkylation sites (tertiary alicyclic amines) is 1. The number of amides is 1. The highest BCUT2D eigenvalue weighted by Crippen LogP contribution is 2.23. The van der Waals surface area contributed by atoms with Crippen LogP contribution in [0.15, 0.2) is 29.1 Å². The molecule has 3 heterocycles. The van der Waals surface area contributed by atoms with Crippen molar-refractivity contribution in [1.82, 2.24) is 14.9 Å². The first-order chi connectivity index (χ1) is 15.0. The van der Waals surface area contributed by atoms with Crippen molar-refractivity contribution in [2.45, 2.75) is 45.1 Å². The molecule has 1 amide bonds. The second-order valence-electron chi connectivity index (χ2n) is 8.27. The number of nitrogens with one attached hydrogen (secondary N) is 1. The molecular formula is C23H29FN4O3. The number of carbonyl (C=O) groups excluding carboxylic acids is 1. The first-order valence-electron chi connectivity index (χ1n) is 11.0. The Labute approximate surface area is 181 Å². The maximum atomic E-state index is 13.5. The Bertz CT molecular complexity index is 987. The van der Waals surface area contributed by atoms with Crippen molar-refractivity contribution in [2.24, 2.45) is 0 Å². The minimum atomic E-state index is -0.254. The van der Waals surface area contributed by atoms with Crippen LogP contribution in [0.5, 0.6) is 0 Å². The van der Waals surface area contributed by atoms with Crippen molar-refractivity contribution in [3.05, 3.63) is 57.3 Å². The van der Waals surface area contributed by atoms with Crippen LogP contribution in [0.3, 0.4) is 0 Å². The highest BCUT2D eigenvalue weighted by atomic mass is 19.1. The molecule has 7 nitrogen and oxygen atoms in total. The lowest BCUT2D eigenvalue weighted by Gasteiger charge is -2.27. The van der Waals surface area contributed by atoms with E-state index in [1.807, 2.05) is 22.8 Å². The van der Waals surface area contributed by atoms with E-state index in [0.717, 1.165) is 18.4 Å². The van der Waals surface area contributed by atoms with Crippen LogP contribution in [-0.2, 0) is 22.4 Å². The van der Waals surface area contributed by atoms with Gasteiger partial charge in [-0.2, -0.15) is 0 Å². The molecule has 2 aromatic rings. The van der Waals surface area contributed by atoms with Gasteiger partial charge in [0.05, 0.1) is 13.2 Å². The Morgan fingerprint density at radius 2 is 2.10 bits per heavy atom. The number of morpholine rings is 1. The molecule has 1 unspecified atom stereocenters. The number of hydrogen-bond donors (Lipinski definition) is 1. The SMILES string of the molecule is Cc1nc(N2CCOCC2)[nH]c(=O)c1CCC(=O)N1CCCC1Cc1cccc(F)c1. The van der Waals surface area contributed by atoms with Gasteiger partial charge in [-0.1, -0.05) is 12.1 Å². The zero-order chi connectivity index (χ0) is 21.8. The first-order valence-corrected chi connectivity index (χ1v) is 11.0. The molecule has 0 radical (unpaired) electrons. The van der Waals surface area contributed by atoms with Crippen molar-refractivity contribution in [3.63, 3.8) is 0 Å². The summed E-state index contributed by atoms with van der Waals surface area (Å²) in [5.74, 6) is 0.349. The number of halogens is 1. The number of anilines is 1. The van der Waals surface area contributed by atoms with Gasteiger partial charge in [-0.05, 0) is 50.3 Å². The normalized spacial score (nSPS) is 19.1. The van der Waals surface area contributed by atoms with Crippen LogP contribution in [-0.4, -0.2) is 59.7 Å². The topological polar surface area (TPSA) is 78.5 Å². The summed E-state index contributed by atoms with van der Waals surface area (Å²) in [6.45, 7) is 5.16. The third-order valence-corrected chi connectivity index (χ3v) is 6.17. The average Bonchev–Trinajstić information content (AvgIpc) is 3.21. The third kappa shape index (κ3) is 5.12. The highest BCUT2D eigenvalue weighted by Gasteiger charge is 2.29. The standard InChI is InChI=1S/C23H29FN4O3/c1-16-20(22(30)26-23(25-16)27-10-12-31-13-11-27)7-8-21(29)28-9-3-6-19(28)15-17-4-2-5-18(24)14-17/h2,4-5,14,19H,3,6-13,15H2,1H3,(H,25,26,30). The van der Waals surface area contributed by atoms with Crippen LogP contribution < -0.4 is 10.5 Å². The van der Waals surface area contributed by atoms with E-state index in [1.54, 1.807) is 6.07 Å². The molecule has 4 rings (SSSR count). The van der Waals surface area contributed by atoms with E-state index >= 15 is 0 Å². The van der Waals surface area contributed by atoms with E-state index in [4.69, 9.17) is 4.74 Å². The summed E-state index contributed by atoms with van der Waals surface area (Å²) in [7, 11) is 0. The van der Waals surface area contributed by atoms with Gasteiger partial charge in [-0.25, -0.2) is 9.37 Å². The summed E-state index contributed by atoms with van der Waals surface area (Å²) in [6, 6.07) is 6.64. The fourth-order valence-corrected chi connectivity index (χ4v) is 4.50. The van der Waals surface area contributed by atoms with Crippen LogP contribution in [0, 0.1) is 12.7 Å². The van der Waals surface area contributed by atoms with E-state index in [-0.39, 0.29) is 29.7 Å². The van der Waals surface area contributed by atoms with Gasteiger partial charge < -0.3 is 14.5 Å². The molecule has 8 heteroatoms. The fourth-order valence-electron chi connectivity index (χ4n) is 4.50. The van der Waals surface area contributed by atoms with Crippen LogP contribution in [0.25, 0.3) is 0 Å². The van der Waals surface area contributed by atoms with Gasteiger partial charge in [-0.3, -0.25) is 14.6 Å². The van der Waals surface area contributed by atoms with E-state index in [9.17, 15) is 14.0 Å². The maximum Gasteiger partial charge on any atom is 0.255 e. The lowest BCUT2D eigenvalue weighted by Crippen LogP contribution is -2.39. The number of aryl methyl sites for hydroxylation is 1. The van der Waals surface area contributed by atoms with Crippen molar-refractivity contribution in [1.29, 1.82) is 0 Å². The Kier molecular flexibility index (Phi) is 6.65. The largest absolute Gasteiger partial charge is 0.378 e. The third-order valence-electron chi connectivity index (χ3n) is 6.17. The number of carbonyl (C=O) groups is 1. The molecule has 2 saturated heterocycles. The Balaban J connectivity index is 1.39. The molecule has 31 heavy (non-hydrogen) atoms. The van der Waals surface area contributed by atoms with Gasteiger partial charge in [0.25, 0.3) is 5.56 Å². The molecule has 2 aliphatic heterocycles. The summed E-state index contributed by atoms with van der Waals surface area (Å²) in [5.41, 5.74) is 1.95. The number of nitrogens with zero attached hydrogens (tertiary/aromatic N) is 3. The molecule has 1 atom stereocenters. The van der Waals surface area contributed by atoms with E-state index < -0.39 is 0 Å². The van der Waals surface area contributed by atoms with Crippen molar-refractivity contribution < 1.29 is 13.9 Å². The number of aromatic nitrogens is 2. The minimum absolute atomic E-state index is 0.0370. The first kappa shape index (κ1) is 21.5. The van der Waals surface area contributed by atoms with E-state index in [0.29, 0.717) is 62.9 Å². The number of ether oxygens (including phenoxy) is 1. The van der Waals surface area contributed by atoms with Gasteiger partial charge in [0.15, 0.2) is 0 Å². The Hall–Kier alpha value is -2.74. The number of hydrogen-bond acceptors (Lipinski definition) is 5. The zero-order valence-corrected chi connectivity index (χ0v) is 17.9. The highest BCUT2D eigenvalue weighted by molar-refractivity contribution is 5.77. The summed E-state index contributed by atoms with van der Waals surface area (Å²) < 4.78 is 18.8. The number of aromatic amines is 1. The molecule has 2 fully saturated rings. The van der Waals surface area contributed by atoms with Gasteiger partial charge in [0.2, 0.25) is 11.9 Å². The second-order valence-corrected chi connectivity index (χ2v) is 8.27. The monoisotopic (exact) mass is 428 g/mol. The molecule has 1 aromatic heterocycles. The average molecular weight is 429 g/mol. The van der Waals surface area contributed by atoms with Crippen molar-refractivity contribution >= 4 is 11.9 Å². The molecule has 0 bridgehead atoms. The summed E-state index contributed by atoms with van der Waals surface area (Å²) in [5, 5.41) is 0. The predicted octanol–water partition coefficient (Wildman–Crippen LogP) is 2.22. The van der Waals surface area contributed by atoms with Crippen LogP contribution >= 0.6 is 0 Å². The quantitative estimate of drug-likeness (QED) is 0.763. The zero-order valence-electron chi connectivity index (χ0n) is 17.9. The van der Waals surface area contributed by atoms with E-state index in [1.165, 1.54) is 12.1 Å². The van der Waals surface area contributed by atoms with Gasteiger partial charge in [0.1, 0.15) is 5.82 Å². The molecule has 0 spiro atoms. The number of H-pyrrole nitrogens is 1. The fraction of sp³-hybridized carbons (Fsp3) is 0.522. The molecule has 1 aromatic carbocycles. The lowest BCUT2D eigenvalue weighted by atomic mass is 10.0. The Morgan fingerprint density at radius 1 is 1.29 bits per heavy atom. The van der Waals surface area contributed by atoms with Crippen molar-refractivity contribution in [2.75, 3.05) is 37.7 Å². The second kappa shape index (κ2) is 9.60. The summed E-state index contributed by atoms with van der Waals surface area (Å²) in [6.07, 6.45) is 3.14. The van der Waals surface area contributed by atoms with Gasteiger partial charge >= 0.3 is 0 Å². The molecule has 2 aliphatic rings. The summed E-state index contributed by atoms with van der Waals surface area (Å²) in [4.78, 5) is 36.9. The predicted molar refractivity (Wildman–Crippen MR) is 116 cm³/mol. The van der Waals surface area contributed by atoms with Crippen molar-refractivity contribution in [3.8, 4) is 0 Å². The van der Waals surface area contributed by atoms with Crippen LogP contribution in [0.1, 0.15) is 36.1 Å². The maximum absolute atomic E-state index is 13.5. The molecule has 1 N–H and O–H groups in total. The number of rotatable bonds is 6. The number of benzene rings is 1. The smallest absolute Gasteiger partial charge is 0.255 e. The lowest BCUT2D eigenvalue weighted by molar-refractivity contribution is -0.131. The summed E-state index contributed by atoms with van der Waals surface area (Å²) >= 11 is 0. The minimum Gasteiger partial charge on any atom is -0.378 e. The van der Waals surface area contributed by atoms with E-state index in [2.05, 4.69) is 9.97 Å². The molecule has 166 valence electrons. The van der Waals surface area contributed by atoms with Crippen LogP contribution in [0.2, 0.25) is 0 Å². The molecular weight excluding hydrogens is 399 g/mol. The van der Waals surface area contributed by atoms with Gasteiger partial charge in [-0.15, -0.1) is 0 Å². The molecule has 0 saturated carbocycles. The van der Waals surface area contributed by atoms with Gasteiger partial charge in [0, 0.05) is 43.4 Å².